The first-order chi connectivity index (χ1) is 4.80. The number of carbonyl (C=O) groups is 1. The summed E-state index contributed by atoms with van der Waals surface area (Å²) in [5.74, 6) is -0.808. The van der Waals surface area contributed by atoms with Crippen molar-refractivity contribution in [3.05, 3.63) is 0 Å². The van der Waals surface area contributed by atoms with Gasteiger partial charge in [0.05, 0.1) is 5.92 Å². The largest absolute Gasteiger partial charge is 0.481 e. The van der Waals surface area contributed by atoms with Crippen molar-refractivity contribution in [2.75, 3.05) is 13.1 Å². The molecule has 0 aromatic carbocycles. The Labute approximate surface area is 60.4 Å². The maximum absolute atomic E-state index is 10.5. The Morgan fingerprint density at radius 2 is 2.30 bits per heavy atom. The second kappa shape index (κ2) is 3.56. The van der Waals surface area contributed by atoms with E-state index in [0.29, 0.717) is 6.54 Å². The van der Waals surface area contributed by atoms with Crippen LogP contribution in [0.4, 0.5) is 0 Å². The molecule has 0 spiro atoms. The van der Waals surface area contributed by atoms with E-state index in [2.05, 4.69) is 5.32 Å². The first-order valence-corrected chi connectivity index (χ1v) is 3.74. The molecular formula is C7H13NO2. The van der Waals surface area contributed by atoms with Gasteiger partial charge in [-0.15, -0.1) is 0 Å². The van der Waals surface area contributed by atoms with Crippen LogP contribution in [0.2, 0.25) is 0 Å². The molecule has 1 heterocycles. The molecule has 1 rings (SSSR count). The zero-order valence-electron chi connectivity index (χ0n) is 5.97. The van der Waals surface area contributed by atoms with Crippen molar-refractivity contribution in [1.82, 2.24) is 5.32 Å². The van der Waals surface area contributed by atoms with Crippen LogP contribution in [0.25, 0.3) is 0 Å². The summed E-state index contributed by atoms with van der Waals surface area (Å²) in [5.41, 5.74) is 0. The minimum Gasteiger partial charge on any atom is -0.481 e. The van der Waals surface area contributed by atoms with Crippen LogP contribution in [0, 0.1) is 5.92 Å². The van der Waals surface area contributed by atoms with Gasteiger partial charge in [-0.3, -0.25) is 4.79 Å². The molecular weight excluding hydrogens is 130 g/mol. The predicted molar refractivity (Wildman–Crippen MR) is 37.8 cm³/mol. The molecule has 1 aliphatic rings. The van der Waals surface area contributed by atoms with Gasteiger partial charge < -0.3 is 10.4 Å². The minimum absolute atomic E-state index is 0.150. The Morgan fingerprint density at radius 1 is 1.50 bits per heavy atom. The fraction of sp³-hybridized carbons (Fsp3) is 0.857. The smallest absolute Gasteiger partial charge is 0.307 e. The quantitative estimate of drug-likeness (QED) is 0.560. The summed E-state index contributed by atoms with van der Waals surface area (Å²) < 4.78 is 0. The maximum atomic E-state index is 10.5. The molecule has 58 valence electrons. The summed E-state index contributed by atoms with van der Waals surface area (Å²) in [7, 11) is 0. The number of carboxylic acids is 1. The van der Waals surface area contributed by atoms with Crippen LogP contribution in [-0.2, 0) is 4.79 Å². The monoisotopic (exact) mass is 143 g/mol. The van der Waals surface area contributed by atoms with Crippen molar-refractivity contribution >= 4 is 5.97 Å². The summed E-state index contributed by atoms with van der Waals surface area (Å²) in [5, 5.41) is 11.7. The fourth-order valence-electron chi connectivity index (χ4n) is 1.23. The first kappa shape index (κ1) is 7.54. The second-order valence-electron chi connectivity index (χ2n) is 2.74. The van der Waals surface area contributed by atoms with Gasteiger partial charge in [-0.1, -0.05) is 6.42 Å². The number of hydrogen-bond acceptors (Lipinski definition) is 2. The Morgan fingerprint density at radius 3 is 3.00 bits per heavy atom. The number of hydrogen-bond donors (Lipinski definition) is 2. The molecule has 0 bridgehead atoms. The number of nitrogens with one attached hydrogen (secondary N) is 1. The average Bonchev–Trinajstić information content (AvgIpc) is 2.12. The van der Waals surface area contributed by atoms with E-state index in [0.717, 1.165) is 25.8 Å². The second-order valence-corrected chi connectivity index (χ2v) is 2.74. The van der Waals surface area contributed by atoms with Gasteiger partial charge in [-0.2, -0.15) is 0 Å². The lowest BCUT2D eigenvalue weighted by atomic mass is 10.0. The van der Waals surface area contributed by atoms with E-state index >= 15 is 0 Å². The predicted octanol–water partition coefficient (Wildman–Crippen LogP) is 0.461. The average molecular weight is 143 g/mol. The topological polar surface area (TPSA) is 49.3 Å². The molecule has 1 saturated heterocycles. The molecule has 1 fully saturated rings. The molecule has 0 radical (unpaired) electrons. The molecule has 2 N–H and O–H groups in total. The molecule has 0 aromatic heterocycles. The molecule has 1 aliphatic heterocycles. The van der Waals surface area contributed by atoms with Gasteiger partial charge in [-0.25, -0.2) is 0 Å². The third-order valence-corrected chi connectivity index (χ3v) is 1.90. The number of carboxylic acid groups (broad SMARTS) is 1. The summed E-state index contributed by atoms with van der Waals surface area (Å²) in [4.78, 5) is 10.5. The van der Waals surface area contributed by atoms with E-state index in [4.69, 9.17) is 5.11 Å². The van der Waals surface area contributed by atoms with Crippen molar-refractivity contribution in [2.24, 2.45) is 5.92 Å². The van der Waals surface area contributed by atoms with Gasteiger partial charge in [0, 0.05) is 6.54 Å². The zero-order chi connectivity index (χ0) is 7.40. The van der Waals surface area contributed by atoms with Crippen LogP contribution in [0.15, 0.2) is 0 Å². The highest BCUT2D eigenvalue weighted by Crippen LogP contribution is 2.10. The molecule has 1 atom stereocenters. The van der Waals surface area contributed by atoms with E-state index in [9.17, 15) is 4.79 Å². The molecule has 0 aromatic rings. The lowest BCUT2D eigenvalue weighted by molar-refractivity contribution is -0.141. The summed E-state index contributed by atoms with van der Waals surface area (Å²) in [6, 6.07) is 0. The third kappa shape index (κ3) is 1.99. The molecule has 0 saturated carbocycles. The SMILES string of the molecule is O=C(O)C1CCCCNC1. The van der Waals surface area contributed by atoms with Crippen molar-refractivity contribution in [1.29, 1.82) is 0 Å². The third-order valence-electron chi connectivity index (χ3n) is 1.90. The lowest BCUT2D eigenvalue weighted by Crippen LogP contribution is -2.26. The molecule has 3 nitrogen and oxygen atoms in total. The van der Waals surface area contributed by atoms with Crippen LogP contribution < -0.4 is 5.32 Å². The van der Waals surface area contributed by atoms with Gasteiger partial charge in [-0.05, 0) is 19.4 Å². The molecule has 10 heavy (non-hydrogen) atoms. The Kier molecular flexibility index (Phi) is 2.68. The lowest BCUT2D eigenvalue weighted by Gasteiger charge is -2.06. The molecule has 0 aliphatic carbocycles. The highest BCUT2D eigenvalue weighted by Gasteiger charge is 2.17. The summed E-state index contributed by atoms with van der Waals surface area (Å²) in [6.45, 7) is 1.62. The van der Waals surface area contributed by atoms with E-state index in [1.54, 1.807) is 0 Å². The highest BCUT2D eigenvalue weighted by molar-refractivity contribution is 5.70. The maximum Gasteiger partial charge on any atom is 0.307 e. The van der Waals surface area contributed by atoms with E-state index < -0.39 is 5.97 Å². The van der Waals surface area contributed by atoms with Crippen molar-refractivity contribution in [3.63, 3.8) is 0 Å². The highest BCUT2D eigenvalue weighted by atomic mass is 16.4. The summed E-state index contributed by atoms with van der Waals surface area (Å²) in [6.07, 6.45) is 3.00. The van der Waals surface area contributed by atoms with Gasteiger partial charge in [0.15, 0.2) is 0 Å². The van der Waals surface area contributed by atoms with Crippen molar-refractivity contribution in [2.45, 2.75) is 19.3 Å². The molecule has 3 heteroatoms. The number of rotatable bonds is 1. The first-order valence-electron chi connectivity index (χ1n) is 3.74. The number of aliphatic carboxylic acids is 1. The van der Waals surface area contributed by atoms with Crippen LogP contribution >= 0.6 is 0 Å². The van der Waals surface area contributed by atoms with Gasteiger partial charge >= 0.3 is 5.97 Å². The normalized spacial score (nSPS) is 27.4. The summed E-state index contributed by atoms with van der Waals surface area (Å²) >= 11 is 0. The van der Waals surface area contributed by atoms with Gasteiger partial charge in [0.2, 0.25) is 0 Å². The van der Waals surface area contributed by atoms with E-state index in [1.165, 1.54) is 0 Å². The van der Waals surface area contributed by atoms with Gasteiger partial charge in [0.1, 0.15) is 0 Å². The van der Waals surface area contributed by atoms with E-state index in [-0.39, 0.29) is 5.92 Å². The van der Waals surface area contributed by atoms with Crippen LogP contribution in [0.1, 0.15) is 19.3 Å². The standard InChI is InChI=1S/C7H13NO2/c9-7(10)6-3-1-2-4-8-5-6/h6,8H,1-5H2,(H,9,10). The van der Waals surface area contributed by atoms with Crippen LogP contribution in [-0.4, -0.2) is 24.2 Å². The van der Waals surface area contributed by atoms with Crippen molar-refractivity contribution < 1.29 is 9.90 Å². The molecule has 0 amide bonds. The molecule has 1 unspecified atom stereocenters. The Bertz CT molecular complexity index is 117. The van der Waals surface area contributed by atoms with Crippen LogP contribution in [0.3, 0.4) is 0 Å². The fourth-order valence-corrected chi connectivity index (χ4v) is 1.23. The zero-order valence-corrected chi connectivity index (χ0v) is 5.97. The minimum atomic E-state index is -0.658. The van der Waals surface area contributed by atoms with Gasteiger partial charge in [0.25, 0.3) is 0 Å². The van der Waals surface area contributed by atoms with E-state index in [1.807, 2.05) is 0 Å². The van der Waals surface area contributed by atoms with Crippen molar-refractivity contribution in [3.8, 4) is 0 Å². The van der Waals surface area contributed by atoms with Crippen LogP contribution in [0.5, 0.6) is 0 Å². The Balaban J connectivity index is 2.35. The Hall–Kier alpha value is -0.570.